The minimum Gasteiger partial charge on any atom is -0.0776 e. The van der Waals surface area contributed by atoms with Crippen molar-refractivity contribution in [3.8, 4) is 0 Å². The average Bonchev–Trinajstić information content (AvgIpc) is 2.77. The zero-order valence-electron chi connectivity index (χ0n) is 25.4. The van der Waals surface area contributed by atoms with Gasteiger partial charge in [0, 0.05) is 19.9 Å². The molecule has 0 aromatic heterocycles. The average molecular weight is 503 g/mol. The van der Waals surface area contributed by atoms with Crippen molar-refractivity contribution in [1.29, 1.82) is 2.47 Å². The van der Waals surface area contributed by atoms with Crippen LogP contribution in [0.4, 0.5) is 0 Å². The normalized spacial score (nSPS) is 13.0. The van der Waals surface area contributed by atoms with E-state index < -0.39 is 17.5 Å². The van der Waals surface area contributed by atoms with Gasteiger partial charge in [-0.15, -0.1) is 0 Å². The molecule has 0 aliphatic rings. The molecule has 0 aliphatic carbocycles. The van der Waals surface area contributed by atoms with Gasteiger partial charge in [-0.1, -0.05) is 200 Å². The predicted molar refractivity (Wildman–Crippen MR) is 165 cm³/mol. The van der Waals surface area contributed by atoms with E-state index in [1.807, 2.05) is 6.55 Å². The Morgan fingerprint density at radius 3 is 1.06 bits per heavy atom. The van der Waals surface area contributed by atoms with Crippen LogP contribution in [0.1, 0.15) is 162 Å². The standard InChI is InChI=1S/C30H66Si2.CH4/c1-5-6-7-8-9-10-11-14-17-20-23-26-29-32(3,4)30-27-24-21-18-15-12-13-16-19-22-25-28-31-2;/h5-31H2,1-4H3;1H4/i31T2;. The van der Waals surface area contributed by atoms with Gasteiger partial charge in [0.05, 0.1) is 0 Å². The Kier molecular flexibility index (Phi) is 27.3. The fourth-order valence-electron chi connectivity index (χ4n) is 5.07. The van der Waals surface area contributed by atoms with Crippen LogP contribution in [0, 0.1) is 0 Å². The summed E-state index contributed by atoms with van der Waals surface area (Å²) < 4.78 is 15.4. The molecule has 0 heterocycles. The first-order valence-corrected chi connectivity index (χ1v) is 20.4. The van der Waals surface area contributed by atoms with Gasteiger partial charge in [-0.2, -0.15) is 0 Å². The summed E-state index contributed by atoms with van der Waals surface area (Å²) in [6, 6.07) is 3.99. The molecular weight excluding hydrogens is 429 g/mol. The van der Waals surface area contributed by atoms with Gasteiger partial charge in [-0.25, -0.2) is 0 Å². The van der Waals surface area contributed by atoms with E-state index >= 15 is 0 Å². The number of rotatable bonds is 27. The third kappa shape index (κ3) is 30.4. The first kappa shape index (κ1) is 31.5. The van der Waals surface area contributed by atoms with E-state index in [4.69, 9.17) is 2.47 Å². The lowest BCUT2D eigenvalue weighted by Crippen LogP contribution is -2.24. The van der Waals surface area contributed by atoms with Crippen LogP contribution in [0.2, 0.25) is 37.8 Å². The van der Waals surface area contributed by atoms with E-state index in [1.165, 1.54) is 141 Å². The quantitative estimate of drug-likeness (QED) is 0.0773. The molecule has 0 saturated carbocycles. The summed E-state index contributed by atoms with van der Waals surface area (Å²) in [6.07, 6.45) is 32.8. The van der Waals surface area contributed by atoms with Gasteiger partial charge in [-0.3, -0.25) is 0 Å². The molecule has 0 bridgehead atoms. The van der Waals surface area contributed by atoms with Gasteiger partial charge in [0.1, 0.15) is 0 Å². The molecule has 0 spiro atoms. The van der Waals surface area contributed by atoms with Crippen LogP contribution in [0.25, 0.3) is 0 Å². The lowest BCUT2D eigenvalue weighted by atomic mass is 10.1. The molecule has 0 unspecified atom stereocenters. The Bertz CT molecular complexity index is 407. The van der Waals surface area contributed by atoms with Gasteiger partial charge < -0.3 is 0 Å². The van der Waals surface area contributed by atoms with Gasteiger partial charge in [0.25, 0.3) is 0 Å². The van der Waals surface area contributed by atoms with Gasteiger partial charge in [0.2, 0.25) is 0 Å². The second-order valence-electron chi connectivity index (χ2n) is 11.5. The van der Waals surface area contributed by atoms with Crippen molar-refractivity contribution in [2.24, 2.45) is 0 Å². The molecule has 0 saturated heterocycles. The molecule has 0 aliphatic heterocycles. The Hall–Kier alpha value is 0.434. The first-order chi connectivity index (χ1) is 16.3. The molecule has 0 nitrogen and oxygen atoms in total. The summed E-state index contributed by atoms with van der Waals surface area (Å²) in [7, 11) is -3.22. The molecule has 202 valence electrons. The predicted octanol–water partition coefficient (Wildman–Crippen LogP) is 12.0. The Morgan fingerprint density at radius 2 is 0.758 bits per heavy atom. The SMILES string of the molecule is C.[3H][Si]([3H])(C)CCCCCCCCCCCCC[Si](C)(C)CCCCCCCCCCCCCC. The fraction of sp³-hybridized carbons (Fsp3) is 1.00. The molecular formula is C31H70Si2. The largest absolute Gasteiger partial charge is 0.0776 e. The second-order valence-corrected chi connectivity index (χ2v) is 18.1. The summed E-state index contributed by atoms with van der Waals surface area (Å²) in [4.78, 5) is 0. The highest BCUT2D eigenvalue weighted by Crippen LogP contribution is 2.23. The minimum atomic E-state index is -2.28. The molecule has 0 atom stereocenters. The van der Waals surface area contributed by atoms with E-state index in [0.29, 0.717) is 0 Å². The molecule has 0 aromatic carbocycles. The molecule has 0 radical (unpaired) electrons. The smallest absolute Gasteiger partial charge is 0.0473 e. The van der Waals surface area contributed by atoms with Crippen LogP contribution < -0.4 is 0 Å². The van der Waals surface area contributed by atoms with Crippen molar-refractivity contribution in [2.45, 2.75) is 200 Å². The molecule has 33 heavy (non-hydrogen) atoms. The van der Waals surface area contributed by atoms with Crippen molar-refractivity contribution in [3.63, 3.8) is 0 Å². The van der Waals surface area contributed by atoms with Crippen molar-refractivity contribution in [1.82, 2.24) is 0 Å². The van der Waals surface area contributed by atoms with Gasteiger partial charge >= 0.3 is 0 Å². The highest BCUT2D eigenvalue weighted by atomic mass is 28.3. The highest BCUT2D eigenvalue weighted by molar-refractivity contribution is 6.77. The van der Waals surface area contributed by atoms with Crippen LogP contribution in [-0.4, -0.2) is 19.9 Å². The maximum Gasteiger partial charge on any atom is 0.0473 e. The Labute approximate surface area is 219 Å². The number of unbranched alkanes of at least 4 members (excludes halogenated alkanes) is 21. The van der Waals surface area contributed by atoms with Crippen molar-refractivity contribution < 1.29 is 0 Å². The second kappa shape index (κ2) is 28.7. The van der Waals surface area contributed by atoms with E-state index in [2.05, 4.69) is 20.0 Å². The van der Waals surface area contributed by atoms with Crippen LogP contribution in [0.15, 0.2) is 0 Å². The summed E-state index contributed by atoms with van der Waals surface area (Å²) in [5.74, 6) is 0. The van der Waals surface area contributed by atoms with Crippen molar-refractivity contribution in [2.75, 3.05) is 0 Å². The van der Waals surface area contributed by atoms with Crippen LogP contribution >= 0.6 is 0 Å². The Balaban J connectivity index is 0. The van der Waals surface area contributed by atoms with E-state index in [-0.39, 0.29) is 7.43 Å². The topological polar surface area (TPSA) is 0 Å². The van der Waals surface area contributed by atoms with Crippen molar-refractivity contribution >= 4 is 17.5 Å². The molecule has 2 heteroatoms. The van der Waals surface area contributed by atoms with E-state index in [1.54, 1.807) is 12.1 Å². The maximum absolute atomic E-state index is 7.70. The highest BCUT2D eigenvalue weighted by Gasteiger charge is 2.18. The number of hydrogen-bond acceptors (Lipinski definition) is 0. The van der Waals surface area contributed by atoms with Crippen LogP contribution in [0.3, 0.4) is 0 Å². The van der Waals surface area contributed by atoms with E-state index in [9.17, 15) is 0 Å². The zero-order valence-corrected chi connectivity index (χ0v) is 25.4. The molecule has 0 aromatic rings. The van der Waals surface area contributed by atoms with Gasteiger partial charge in [-0.05, 0) is 0 Å². The molecule has 0 amide bonds. The first-order valence-electron chi connectivity index (χ1n) is 16.3. The van der Waals surface area contributed by atoms with E-state index in [0.717, 1.165) is 12.5 Å². The van der Waals surface area contributed by atoms with Crippen LogP contribution in [-0.2, 0) is 0 Å². The summed E-state index contributed by atoms with van der Waals surface area (Å²) >= 11 is 0. The van der Waals surface area contributed by atoms with Crippen LogP contribution in [0.5, 0.6) is 0 Å². The van der Waals surface area contributed by atoms with Crippen molar-refractivity contribution in [3.05, 3.63) is 0 Å². The minimum absolute atomic E-state index is 0. The summed E-state index contributed by atoms with van der Waals surface area (Å²) in [6.45, 7) is 9.43. The monoisotopic (exact) mass is 503 g/mol. The number of hydrogen-bond donors (Lipinski definition) is 0. The lowest BCUT2D eigenvalue weighted by molar-refractivity contribution is 0.547. The lowest BCUT2D eigenvalue weighted by Gasteiger charge is -2.22. The molecule has 0 rings (SSSR count). The Morgan fingerprint density at radius 1 is 0.485 bits per heavy atom. The summed E-state index contributed by atoms with van der Waals surface area (Å²) in [5.41, 5.74) is 0. The fourth-order valence-corrected chi connectivity index (χ4v) is 8.33. The maximum atomic E-state index is 7.70. The summed E-state index contributed by atoms with van der Waals surface area (Å²) in [5, 5.41) is 0. The third-order valence-electron chi connectivity index (χ3n) is 7.49. The molecule has 0 N–H and O–H groups in total. The zero-order chi connectivity index (χ0) is 25.4. The molecule has 0 fully saturated rings. The van der Waals surface area contributed by atoms with Gasteiger partial charge in [0.15, 0.2) is 0 Å². The third-order valence-corrected chi connectivity index (χ3v) is 11.8.